The molecule has 0 saturated heterocycles. The Bertz CT molecular complexity index is 592. The molecule has 1 N–H and O–H groups in total. The molecule has 1 aliphatic carbocycles. The van der Waals surface area contributed by atoms with Gasteiger partial charge in [0.25, 0.3) is 0 Å². The predicted octanol–water partition coefficient (Wildman–Crippen LogP) is 4.31. The number of para-hydroxylation sites is 1. The summed E-state index contributed by atoms with van der Waals surface area (Å²) in [6.45, 7) is 4.01. The lowest BCUT2D eigenvalue weighted by Crippen LogP contribution is -2.10. The third-order valence-electron chi connectivity index (χ3n) is 4.07. The van der Waals surface area contributed by atoms with E-state index in [1.54, 1.807) is 0 Å². The Kier molecular flexibility index (Phi) is 3.98. The summed E-state index contributed by atoms with van der Waals surface area (Å²) >= 11 is 0. The van der Waals surface area contributed by atoms with Crippen molar-refractivity contribution >= 4 is 0 Å². The minimum absolute atomic E-state index is 0.113. The Labute approximate surface area is 126 Å². The minimum atomic E-state index is -0.454. The van der Waals surface area contributed by atoms with Crippen molar-refractivity contribution in [2.45, 2.75) is 38.4 Å². The molecule has 0 aromatic heterocycles. The first kappa shape index (κ1) is 14.2. The average Bonchev–Trinajstić information content (AvgIpc) is 3.28. The highest BCUT2D eigenvalue weighted by Gasteiger charge is 2.44. The van der Waals surface area contributed by atoms with Crippen molar-refractivity contribution in [3.05, 3.63) is 65.7 Å². The van der Waals surface area contributed by atoms with E-state index in [0.717, 1.165) is 17.7 Å². The third kappa shape index (κ3) is 3.11. The zero-order valence-electron chi connectivity index (χ0n) is 12.6. The number of rotatable bonds is 5. The molecule has 3 rings (SSSR count). The lowest BCUT2D eigenvalue weighted by Gasteiger charge is -2.18. The van der Waals surface area contributed by atoms with Gasteiger partial charge in [0, 0.05) is 5.56 Å². The van der Waals surface area contributed by atoms with E-state index in [0.29, 0.717) is 11.8 Å². The maximum absolute atomic E-state index is 10.7. The zero-order valence-corrected chi connectivity index (χ0v) is 12.6. The number of hydrogen-bond acceptors (Lipinski definition) is 2. The van der Waals surface area contributed by atoms with E-state index in [4.69, 9.17) is 4.74 Å². The molecule has 0 amide bonds. The predicted molar refractivity (Wildman–Crippen MR) is 84.5 cm³/mol. The smallest absolute Gasteiger partial charge is 0.125 e. The molecule has 3 atom stereocenters. The second-order valence-corrected chi connectivity index (χ2v) is 6.07. The Hall–Kier alpha value is -1.80. The van der Waals surface area contributed by atoms with E-state index < -0.39 is 6.10 Å². The second-order valence-electron chi connectivity index (χ2n) is 6.07. The molecule has 0 bridgehead atoms. The van der Waals surface area contributed by atoms with Crippen LogP contribution in [-0.4, -0.2) is 11.2 Å². The normalized spacial score (nSPS) is 22.1. The van der Waals surface area contributed by atoms with E-state index in [2.05, 4.69) is 24.3 Å². The lowest BCUT2D eigenvalue weighted by atomic mass is 10.0. The van der Waals surface area contributed by atoms with Crippen molar-refractivity contribution in [1.82, 2.24) is 0 Å². The van der Waals surface area contributed by atoms with Gasteiger partial charge in [-0.25, -0.2) is 0 Å². The summed E-state index contributed by atoms with van der Waals surface area (Å²) in [6.07, 6.45) is 0.703. The van der Waals surface area contributed by atoms with Crippen LogP contribution in [0.25, 0.3) is 0 Å². The molecule has 0 heterocycles. The van der Waals surface area contributed by atoms with Gasteiger partial charge in [0.15, 0.2) is 0 Å². The molecule has 2 heteroatoms. The molecule has 1 fully saturated rings. The molecule has 21 heavy (non-hydrogen) atoms. The van der Waals surface area contributed by atoms with Crippen LogP contribution in [0.15, 0.2) is 54.6 Å². The van der Waals surface area contributed by atoms with Crippen molar-refractivity contribution < 1.29 is 9.84 Å². The molecule has 3 unspecified atom stereocenters. The van der Waals surface area contributed by atoms with Crippen LogP contribution in [-0.2, 0) is 0 Å². The van der Waals surface area contributed by atoms with Gasteiger partial charge in [-0.2, -0.15) is 0 Å². The summed E-state index contributed by atoms with van der Waals surface area (Å²) in [4.78, 5) is 0. The molecular weight excluding hydrogens is 260 g/mol. The van der Waals surface area contributed by atoms with Crippen LogP contribution in [0.3, 0.4) is 0 Å². The van der Waals surface area contributed by atoms with Gasteiger partial charge in [0.2, 0.25) is 0 Å². The summed E-state index contributed by atoms with van der Waals surface area (Å²) in [5, 5.41) is 10.7. The van der Waals surface area contributed by atoms with Gasteiger partial charge >= 0.3 is 0 Å². The first-order chi connectivity index (χ1) is 10.2. The van der Waals surface area contributed by atoms with Crippen LogP contribution < -0.4 is 4.74 Å². The van der Waals surface area contributed by atoms with Crippen LogP contribution in [0, 0.1) is 5.92 Å². The maximum Gasteiger partial charge on any atom is 0.125 e. The van der Waals surface area contributed by atoms with Crippen molar-refractivity contribution in [3.8, 4) is 5.75 Å². The molecule has 1 aliphatic rings. The van der Waals surface area contributed by atoms with Crippen LogP contribution in [0.2, 0.25) is 0 Å². The van der Waals surface area contributed by atoms with Gasteiger partial charge in [-0.3, -0.25) is 0 Å². The topological polar surface area (TPSA) is 29.5 Å². The van der Waals surface area contributed by atoms with Crippen molar-refractivity contribution in [2.75, 3.05) is 0 Å². The zero-order chi connectivity index (χ0) is 14.8. The van der Waals surface area contributed by atoms with E-state index >= 15 is 0 Å². The number of aliphatic hydroxyl groups is 1. The first-order valence-corrected chi connectivity index (χ1v) is 7.65. The quantitative estimate of drug-likeness (QED) is 0.885. The SMILES string of the molecule is CC(C)Oc1ccccc1C(O)C1CC1c1ccccc1. The molecule has 2 aromatic carbocycles. The average molecular weight is 282 g/mol. The van der Waals surface area contributed by atoms with Crippen LogP contribution in [0.4, 0.5) is 0 Å². The van der Waals surface area contributed by atoms with Crippen molar-refractivity contribution in [2.24, 2.45) is 5.92 Å². The summed E-state index contributed by atoms with van der Waals surface area (Å²) in [5.74, 6) is 1.57. The summed E-state index contributed by atoms with van der Waals surface area (Å²) in [7, 11) is 0. The summed E-state index contributed by atoms with van der Waals surface area (Å²) in [5.41, 5.74) is 2.23. The highest BCUT2D eigenvalue weighted by Crippen LogP contribution is 2.54. The van der Waals surface area contributed by atoms with E-state index in [-0.39, 0.29) is 6.10 Å². The van der Waals surface area contributed by atoms with Gasteiger partial charge in [0.05, 0.1) is 12.2 Å². The molecule has 0 aliphatic heterocycles. The van der Waals surface area contributed by atoms with Crippen molar-refractivity contribution in [1.29, 1.82) is 0 Å². The van der Waals surface area contributed by atoms with Crippen molar-refractivity contribution in [3.63, 3.8) is 0 Å². The monoisotopic (exact) mass is 282 g/mol. The van der Waals surface area contributed by atoms with E-state index in [9.17, 15) is 5.11 Å². The molecule has 110 valence electrons. The third-order valence-corrected chi connectivity index (χ3v) is 4.07. The van der Waals surface area contributed by atoms with E-state index in [1.807, 2.05) is 44.2 Å². The second kappa shape index (κ2) is 5.90. The number of hydrogen-bond donors (Lipinski definition) is 1. The Morgan fingerprint density at radius 2 is 1.67 bits per heavy atom. The number of aliphatic hydroxyl groups excluding tert-OH is 1. The largest absolute Gasteiger partial charge is 0.491 e. The van der Waals surface area contributed by atoms with Crippen LogP contribution in [0.5, 0.6) is 5.75 Å². The molecule has 2 aromatic rings. The first-order valence-electron chi connectivity index (χ1n) is 7.65. The van der Waals surface area contributed by atoms with Crippen LogP contribution >= 0.6 is 0 Å². The van der Waals surface area contributed by atoms with Gasteiger partial charge in [-0.1, -0.05) is 48.5 Å². The van der Waals surface area contributed by atoms with Gasteiger partial charge in [0.1, 0.15) is 5.75 Å². The number of benzene rings is 2. The standard InChI is InChI=1S/C19H22O2/c1-13(2)21-18-11-7-6-10-15(18)19(20)17-12-16(17)14-8-4-3-5-9-14/h3-11,13,16-17,19-20H,12H2,1-2H3. The Morgan fingerprint density at radius 3 is 2.38 bits per heavy atom. The van der Waals surface area contributed by atoms with Gasteiger partial charge < -0.3 is 9.84 Å². The van der Waals surface area contributed by atoms with E-state index in [1.165, 1.54) is 5.56 Å². The molecule has 0 radical (unpaired) electrons. The summed E-state index contributed by atoms with van der Waals surface area (Å²) in [6, 6.07) is 18.3. The van der Waals surface area contributed by atoms with Crippen LogP contribution in [0.1, 0.15) is 43.4 Å². The lowest BCUT2D eigenvalue weighted by molar-refractivity contribution is 0.142. The number of ether oxygens (including phenoxy) is 1. The maximum atomic E-state index is 10.7. The molecular formula is C19H22O2. The molecule has 2 nitrogen and oxygen atoms in total. The summed E-state index contributed by atoms with van der Waals surface area (Å²) < 4.78 is 5.83. The Balaban J connectivity index is 1.77. The highest BCUT2D eigenvalue weighted by atomic mass is 16.5. The highest BCUT2D eigenvalue weighted by molar-refractivity contribution is 5.38. The fourth-order valence-electron chi connectivity index (χ4n) is 2.96. The van der Waals surface area contributed by atoms with Gasteiger partial charge in [-0.05, 0) is 43.7 Å². The van der Waals surface area contributed by atoms with Gasteiger partial charge in [-0.15, -0.1) is 0 Å². The molecule has 0 spiro atoms. The minimum Gasteiger partial charge on any atom is -0.491 e. The Morgan fingerprint density at radius 1 is 1.00 bits per heavy atom. The fourth-order valence-corrected chi connectivity index (χ4v) is 2.96. The molecule has 1 saturated carbocycles. The fraction of sp³-hybridized carbons (Fsp3) is 0.368.